The van der Waals surface area contributed by atoms with Gasteiger partial charge in [-0.2, -0.15) is 0 Å². The van der Waals surface area contributed by atoms with Gasteiger partial charge in [-0.1, -0.05) is 13.8 Å². The first-order valence-corrected chi connectivity index (χ1v) is 7.00. The minimum atomic E-state index is -0.185. The molecule has 1 amide bonds. The second-order valence-electron chi connectivity index (χ2n) is 5.00. The predicted octanol–water partition coefficient (Wildman–Crippen LogP) is 1.03. The molecule has 6 heteroatoms. The number of nitrogens with one attached hydrogen (secondary N) is 1. The highest BCUT2D eigenvalue weighted by atomic mass is 16.5. The van der Waals surface area contributed by atoms with Crippen molar-refractivity contribution in [2.45, 2.75) is 33.8 Å². The molecular weight excluding hydrogens is 262 g/mol. The fourth-order valence-electron chi connectivity index (χ4n) is 1.16. The van der Waals surface area contributed by atoms with Gasteiger partial charge < -0.3 is 19.5 Å². The van der Waals surface area contributed by atoms with Crippen LogP contribution in [0, 0.1) is 5.92 Å². The molecule has 0 spiro atoms. The largest absolute Gasteiger partial charge is 0.377 e. The molecule has 120 valence electrons. The molecule has 0 aromatic rings. The lowest BCUT2D eigenvalue weighted by atomic mass is 10.1. The minimum absolute atomic E-state index is 0. The van der Waals surface area contributed by atoms with Crippen LogP contribution in [0.5, 0.6) is 0 Å². The topological polar surface area (TPSA) is 73.9 Å². The van der Waals surface area contributed by atoms with Crippen molar-refractivity contribution in [3.63, 3.8) is 0 Å². The molecule has 0 aliphatic heterocycles. The number of Topliss-reactive ketones (excluding diaryl/α,β-unsaturated/α-hetero) is 1. The van der Waals surface area contributed by atoms with E-state index in [0.29, 0.717) is 26.4 Å². The fourth-order valence-corrected chi connectivity index (χ4v) is 1.16. The van der Waals surface area contributed by atoms with Crippen LogP contribution >= 0.6 is 0 Å². The lowest BCUT2D eigenvalue weighted by molar-refractivity contribution is -0.129. The van der Waals surface area contributed by atoms with Crippen LogP contribution in [0.1, 0.15) is 29.1 Å². The molecule has 0 unspecified atom stereocenters. The van der Waals surface area contributed by atoms with Gasteiger partial charge in [-0.3, -0.25) is 9.59 Å². The summed E-state index contributed by atoms with van der Waals surface area (Å²) in [7, 11) is 0. The number of rotatable bonds is 12. The van der Waals surface area contributed by atoms with E-state index in [1.165, 1.54) is 0 Å². The second kappa shape index (κ2) is 11.8. The van der Waals surface area contributed by atoms with E-state index in [4.69, 9.17) is 14.2 Å². The van der Waals surface area contributed by atoms with Gasteiger partial charge in [-0.15, -0.1) is 0 Å². The SMILES string of the molecule is CC(C)OCCNC(=O)COCCOCC(=O)C(C)C.[HH]. The van der Waals surface area contributed by atoms with E-state index in [-0.39, 0.29) is 38.4 Å². The number of carbonyl (C=O) groups is 2. The summed E-state index contributed by atoms with van der Waals surface area (Å²) in [4.78, 5) is 22.6. The number of hydrogen-bond donors (Lipinski definition) is 1. The molecular formula is C14H29NO5. The Morgan fingerprint density at radius 2 is 1.60 bits per heavy atom. The lowest BCUT2D eigenvalue weighted by Crippen LogP contribution is -2.31. The molecule has 0 bridgehead atoms. The van der Waals surface area contributed by atoms with Gasteiger partial charge in [0.05, 0.1) is 25.9 Å². The van der Waals surface area contributed by atoms with Crippen LogP contribution in [0.3, 0.4) is 0 Å². The van der Waals surface area contributed by atoms with Crippen molar-refractivity contribution < 1.29 is 25.2 Å². The third-order valence-electron chi connectivity index (χ3n) is 2.37. The Balaban J connectivity index is 0. The molecule has 0 aromatic heterocycles. The van der Waals surface area contributed by atoms with Crippen molar-refractivity contribution in [1.82, 2.24) is 5.32 Å². The maximum absolute atomic E-state index is 11.3. The van der Waals surface area contributed by atoms with Gasteiger partial charge in [-0.25, -0.2) is 0 Å². The number of hydrogen-bond acceptors (Lipinski definition) is 5. The van der Waals surface area contributed by atoms with E-state index in [0.717, 1.165) is 0 Å². The summed E-state index contributed by atoms with van der Waals surface area (Å²) in [6.45, 7) is 9.19. The quantitative estimate of drug-likeness (QED) is 0.544. The lowest BCUT2D eigenvalue weighted by Gasteiger charge is -2.09. The molecule has 6 nitrogen and oxygen atoms in total. The second-order valence-corrected chi connectivity index (χ2v) is 5.00. The highest BCUT2D eigenvalue weighted by Crippen LogP contribution is 1.94. The monoisotopic (exact) mass is 291 g/mol. The fraction of sp³-hybridized carbons (Fsp3) is 0.857. The molecule has 0 aromatic carbocycles. The van der Waals surface area contributed by atoms with Crippen LogP contribution < -0.4 is 5.32 Å². The molecule has 20 heavy (non-hydrogen) atoms. The first kappa shape index (κ1) is 19.0. The number of ketones is 1. The number of amides is 1. The molecule has 0 radical (unpaired) electrons. The molecule has 0 heterocycles. The van der Waals surface area contributed by atoms with Crippen molar-refractivity contribution in [3.8, 4) is 0 Å². The van der Waals surface area contributed by atoms with Crippen molar-refractivity contribution in [2.24, 2.45) is 5.92 Å². The molecule has 0 fully saturated rings. The molecule has 0 saturated carbocycles. The molecule has 0 saturated heterocycles. The van der Waals surface area contributed by atoms with Gasteiger partial charge in [0, 0.05) is 13.9 Å². The Hall–Kier alpha value is -0.980. The third kappa shape index (κ3) is 12.1. The van der Waals surface area contributed by atoms with Crippen LogP contribution in [0.25, 0.3) is 0 Å². The molecule has 0 aliphatic carbocycles. The zero-order valence-electron chi connectivity index (χ0n) is 12.9. The third-order valence-corrected chi connectivity index (χ3v) is 2.37. The number of ether oxygens (including phenoxy) is 3. The van der Waals surface area contributed by atoms with Gasteiger partial charge in [0.25, 0.3) is 0 Å². The van der Waals surface area contributed by atoms with E-state index < -0.39 is 0 Å². The van der Waals surface area contributed by atoms with Crippen molar-refractivity contribution in [1.29, 1.82) is 0 Å². The van der Waals surface area contributed by atoms with Crippen LogP contribution in [0.4, 0.5) is 0 Å². The first-order chi connectivity index (χ1) is 9.43. The zero-order chi connectivity index (χ0) is 15.4. The van der Waals surface area contributed by atoms with E-state index in [1.54, 1.807) is 0 Å². The van der Waals surface area contributed by atoms with Crippen LogP contribution in [0.15, 0.2) is 0 Å². The Morgan fingerprint density at radius 3 is 2.15 bits per heavy atom. The van der Waals surface area contributed by atoms with E-state index in [1.807, 2.05) is 27.7 Å². The highest BCUT2D eigenvalue weighted by Gasteiger charge is 2.06. The Kier molecular flexibility index (Phi) is 11.2. The van der Waals surface area contributed by atoms with Crippen molar-refractivity contribution >= 4 is 11.7 Å². The van der Waals surface area contributed by atoms with Gasteiger partial charge in [-0.05, 0) is 13.8 Å². The molecule has 0 atom stereocenters. The van der Waals surface area contributed by atoms with Crippen molar-refractivity contribution in [2.75, 3.05) is 39.6 Å². The minimum Gasteiger partial charge on any atom is -0.377 e. The predicted molar refractivity (Wildman–Crippen MR) is 77.7 cm³/mol. The standard InChI is InChI=1S/C14H27NO5.H2/c1-11(2)13(16)9-18-7-8-19-10-14(17)15-5-6-20-12(3)4;/h11-12H,5-10H2,1-4H3,(H,15,17);1H. The summed E-state index contributed by atoms with van der Waals surface area (Å²) in [5.74, 6) is -0.140. The summed E-state index contributed by atoms with van der Waals surface area (Å²) in [6, 6.07) is 0. The zero-order valence-corrected chi connectivity index (χ0v) is 12.9. The van der Waals surface area contributed by atoms with Gasteiger partial charge in [0.1, 0.15) is 13.2 Å². The summed E-state index contributed by atoms with van der Waals surface area (Å²) in [6.07, 6.45) is 0.161. The van der Waals surface area contributed by atoms with E-state index >= 15 is 0 Å². The Labute approximate surface area is 122 Å². The van der Waals surface area contributed by atoms with E-state index in [9.17, 15) is 9.59 Å². The summed E-state index contributed by atoms with van der Waals surface area (Å²) in [5, 5.41) is 2.68. The highest BCUT2D eigenvalue weighted by molar-refractivity contribution is 5.81. The smallest absolute Gasteiger partial charge is 0.246 e. The van der Waals surface area contributed by atoms with Crippen LogP contribution in [-0.2, 0) is 23.8 Å². The number of carbonyl (C=O) groups excluding carboxylic acids is 2. The van der Waals surface area contributed by atoms with Gasteiger partial charge in [0.2, 0.25) is 5.91 Å². The normalized spacial score (nSPS) is 11.1. The van der Waals surface area contributed by atoms with Gasteiger partial charge in [0.15, 0.2) is 5.78 Å². The molecule has 0 rings (SSSR count). The Morgan fingerprint density at radius 1 is 1.00 bits per heavy atom. The Bertz CT molecular complexity index is 285. The average molecular weight is 291 g/mol. The maximum atomic E-state index is 11.3. The van der Waals surface area contributed by atoms with E-state index in [2.05, 4.69) is 5.32 Å². The summed E-state index contributed by atoms with van der Waals surface area (Å²) in [5.41, 5.74) is 0. The van der Waals surface area contributed by atoms with Crippen molar-refractivity contribution in [3.05, 3.63) is 0 Å². The average Bonchev–Trinajstić information content (AvgIpc) is 2.38. The summed E-state index contributed by atoms with van der Waals surface area (Å²) < 4.78 is 15.5. The molecule has 0 aliphatic rings. The van der Waals surface area contributed by atoms with Crippen LogP contribution in [0.2, 0.25) is 0 Å². The summed E-state index contributed by atoms with van der Waals surface area (Å²) >= 11 is 0. The van der Waals surface area contributed by atoms with Crippen LogP contribution in [-0.4, -0.2) is 57.4 Å². The first-order valence-electron chi connectivity index (χ1n) is 7.00. The maximum Gasteiger partial charge on any atom is 0.246 e. The van der Waals surface area contributed by atoms with Gasteiger partial charge >= 0.3 is 0 Å². The molecule has 1 N–H and O–H groups in total.